The van der Waals surface area contributed by atoms with Crippen LogP contribution in [0.4, 0.5) is 29.2 Å². The van der Waals surface area contributed by atoms with E-state index >= 15 is 0 Å². The number of ether oxygens (including phenoxy) is 1. The Hall–Kier alpha value is -4.17. The van der Waals surface area contributed by atoms with Gasteiger partial charge in [-0.15, -0.1) is 0 Å². The predicted molar refractivity (Wildman–Crippen MR) is 132 cm³/mol. The first-order valence-electron chi connectivity index (χ1n) is 11.6. The van der Waals surface area contributed by atoms with Crippen molar-refractivity contribution in [3.05, 3.63) is 69.7 Å². The molecule has 10 nitrogen and oxygen atoms in total. The summed E-state index contributed by atoms with van der Waals surface area (Å²) >= 11 is 6.59. The highest BCUT2D eigenvalue weighted by molar-refractivity contribution is 6.36. The normalized spacial score (nSPS) is 17.5. The molecule has 0 saturated heterocycles. The van der Waals surface area contributed by atoms with Crippen molar-refractivity contribution in [3.8, 4) is 11.5 Å². The van der Waals surface area contributed by atoms with E-state index in [1.807, 2.05) is 0 Å². The Labute approximate surface area is 221 Å². The van der Waals surface area contributed by atoms with Crippen molar-refractivity contribution >= 4 is 39.9 Å². The number of imidazole rings is 1. The number of hydrogen-bond donors (Lipinski definition) is 2. The van der Waals surface area contributed by atoms with Crippen molar-refractivity contribution in [1.82, 2.24) is 28.7 Å². The maximum Gasteiger partial charge on any atom is 0.417 e. The predicted octanol–water partition coefficient (Wildman–Crippen LogP) is 4.82. The highest BCUT2D eigenvalue weighted by Crippen LogP contribution is 2.38. The van der Waals surface area contributed by atoms with Crippen molar-refractivity contribution < 1.29 is 27.4 Å². The van der Waals surface area contributed by atoms with Crippen molar-refractivity contribution in [2.24, 2.45) is 7.05 Å². The third-order valence-corrected chi connectivity index (χ3v) is 6.94. The second-order valence-electron chi connectivity index (χ2n) is 9.15. The maximum atomic E-state index is 13.7. The second kappa shape index (κ2) is 8.95. The Balaban J connectivity index is 1.38. The molecule has 0 spiro atoms. The minimum absolute atomic E-state index is 0.00576. The molecule has 5 heterocycles. The van der Waals surface area contributed by atoms with Crippen LogP contribution in [-0.2, 0) is 13.2 Å². The van der Waals surface area contributed by atoms with Gasteiger partial charge in [0.1, 0.15) is 27.6 Å². The number of halogens is 5. The molecule has 0 bridgehead atoms. The number of hydrogen-bond acceptors (Lipinski definition) is 7. The number of aliphatic hydroxyl groups is 1. The third-order valence-electron chi connectivity index (χ3n) is 6.57. The van der Waals surface area contributed by atoms with Gasteiger partial charge in [-0.05, 0) is 25.0 Å². The number of alkyl halides is 3. The number of anilines is 2. The Morgan fingerprint density at radius 1 is 1.21 bits per heavy atom. The van der Waals surface area contributed by atoms with Crippen LogP contribution in [0.5, 0.6) is 11.5 Å². The minimum Gasteiger partial charge on any atom is -0.450 e. The molecule has 0 unspecified atom stereocenters. The molecule has 5 aromatic heterocycles. The molecule has 1 aliphatic carbocycles. The maximum absolute atomic E-state index is 13.7. The molecule has 0 aliphatic heterocycles. The van der Waals surface area contributed by atoms with Crippen molar-refractivity contribution in [2.45, 2.75) is 31.2 Å². The number of aromatic nitrogens is 6. The lowest BCUT2D eigenvalue weighted by Gasteiger charge is -2.33. The number of nitrogens with one attached hydrogen (secondary N) is 1. The largest absolute Gasteiger partial charge is 0.450 e. The van der Waals surface area contributed by atoms with Gasteiger partial charge in [-0.25, -0.2) is 13.9 Å². The summed E-state index contributed by atoms with van der Waals surface area (Å²) in [6.07, 6.45) is -0.171. The third kappa shape index (κ3) is 4.34. The molecule has 15 heteroatoms. The zero-order chi connectivity index (χ0) is 27.6. The average Bonchev–Trinajstić information content (AvgIpc) is 3.40. The van der Waals surface area contributed by atoms with Crippen molar-refractivity contribution in [1.29, 1.82) is 0 Å². The molecular formula is C24H18ClF4N7O3. The van der Waals surface area contributed by atoms with E-state index in [1.165, 1.54) is 46.9 Å². The van der Waals surface area contributed by atoms with E-state index in [-0.39, 0.29) is 52.2 Å². The van der Waals surface area contributed by atoms with Crippen LogP contribution in [0.25, 0.3) is 16.7 Å². The van der Waals surface area contributed by atoms with Crippen molar-refractivity contribution in [3.63, 3.8) is 0 Å². The summed E-state index contributed by atoms with van der Waals surface area (Å²) < 4.78 is 64.2. The highest BCUT2D eigenvalue weighted by Gasteiger charge is 2.36. The van der Waals surface area contributed by atoms with Gasteiger partial charge in [0.25, 0.3) is 5.56 Å². The Morgan fingerprint density at radius 3 is 2.69 bits per heavy atom. The van der Waals surface area contributed by atoms with Crippen LogP contribution in [0.2, 0.25) is 5.02 Å². The van der Waals surface area contributed by atoms with E-state index in [1.54, 1.807) is 0 Å². The first-order chi connectivity index (χ1) is 18.5. The summed E-state index contributed by atoms with van der Waals surface area (Å²) in [5, 5.41) is 16.4. The monoisotopic (exact) mass is 563 g/mol. The topological polar surface area (TPSA) is 112 Å². The van der Waals surface area contributed by atoms with E-state index in [4.69, 9.17) is 16.3 Å². The molecule has 1 fully saturated rings. The van der Waals surface area contributed by atoms with Crippen LogP contribution in [0.1, 0.15) is 24.4 Å². The quantitative estimate of drug-likeness (QED) is 0.295. The lowest BCUT2D eigenvalue weighted by molar-refractivity contribution is -0.138. The van der Waals surface area contributed by atoms with Crippen LogP contribution in [-0.4, -0.2) is 39.9 Å². The Bertz CT molecular complexity index is 1810. The number of pyridine rings is 3. The number of aliphatic hydroxyl groups excluding tert-OH is 1. The summed E-state index contributed by atoms with van der Waals surface area (Å²) in [6.45, 7) is 0. The van der Waals surface area contributed by atoms with Gasteiger partial charge in [0.05, 0.1) is 24.1 Å². The minimum atomic E-state index is -4.71. The van der Waals surface area contributed by atoms with Crippen LogP contribution < -0.4 is 15.6 Å². The van der Waals surface area contributed by atoms with Gasteiger partial charge in [-0.2, -0.15) is 23.3 Å². The summed E-state index contributed by atoms with van der Waals surface area (Å²) in [6, 6.07) is 2.63. The van der Waals surface area contributed by atoms with Crippen LogP contribution in [0, 0.1) is 5.82 Å². The molecule has 1 saturated carbocycles. The van der Waals surface area contributed by atoms with Gasteiger partial charge >= 0.3 is 6.18 Å². The summed E-state index contributed by atoms with van der Waals surface area (Å²) in [4.78, 5) is 21.6. The lowest BCUT2D eigenvalue weighted by Crippen LogP contribution is -2.37. The zero-order valence-corrected chi connectivity index (χ0v) is 20.7. The number of fused-ring (bicyclic) bond motifs is 2. The molecule has 5 aromatic rings. The Morgan fingerprint density at radius 2 is 1.97 bits per heavy atom. The van der Waals surface area contributed by atoms with Gasteiger partial charge in [-0.1, -0.05) is 11.6 Å². The van der Waals surface area contributed by atoms with Crippen LogP contribution in [0.3, 0.4) is 0 Å². The fourth-order valence-electron chi connectivity index (χ4n) is 4.45. The van der Waals surface area contributed by atoms with E-state index in [2.05, 4.69) is 20.4 Å². The average molecular weight is 564 g/mol. The second-order valence-corrected chi connectivity index (χ2v) is 9.52. The van der Waals surface area contributed by atoms with E-state index < -0.39 is 35.3 Å². The number of aryl methyl sites for hydroxylation is 1. The fourth-order valence-corrected chi connectivity index (χ4v) is 4.75. The smallest absolute Gasteiger partial charge is 0.417 e. The number of rotatable bonds is 5. The highest BCUT2D eigenvalue weighted by atomic mass is 35.5. The Kier molecular flexibility index (Phi) is 5.77. The number of nitrogens with zero attached hydrogens (tertiary/aromatic N) is 6. The fraction of sp³-hybridized carbons (Fsp3) is 0.250. The standard InChI is InChI=1S/C24H18ClF4N7O3/c1-34-20-19(25)18(39-17-9-31-36-3-2-12(26)5-16(17)36)8-30-21(20)33-23(34)32-15-4-11(24(27,28)29)10-35(22(15)38)13-6-14(37)7-13/h2-5,8-10,13-14,37H,6-7H2,1H3,(H,30,32,33)/t13-,14+. The summed E-state index contributed by atoms with van der Waals surface area (Å²) in [5.41, 5.74) is -1.33. The van der Waals surface area contributed by atoms with Gasteiger partial charge in [-0.3, -0.25) is 4.79 Å². The van der Waals surface area contributed by atoms with Crippen LogP contribution >= 0.6 is 11.6 Å². The van der Waals surface area contributed by atoms with Gasteiger partial charge in [0, 0.05) is 31.5 Å². The molecule has 39 heavy (non-hydrogen) atoms. The first kappa shape index (κ1) is 25.1. The first-order valence-corrected chi connectivity index (χ1v) is 12.0. The molecule has 6 rings (SSSR count). The zero-order valence-electron chi connectivity index (χ0n) is 19.9. The van der Waals surface area contributed by atoms with Crippen LogP contribution in [0.15, 0.2) is 47.8 Å². The molecule has 0 amide bonds. The lowest BCUT2D eigenvalue weighted by atomic mass is 9.89. The molecule has 1 aliphatic rings. The summed E-state index contributed by atoms with van der Waals surface area (Å²) in [7, 11) is 1.54. The van der Waals surface area contributed by atoms with Gasteiger partial charge < -0.3 is 24.3 Å². The van der Waals surface area contributed by atoms with E-state index in [0.717, 1.165) is 10.8 Å². The van der Waals surface area contributed by atoms with E-state index in [9.17, 15) is 27.5 Å². The molecule has 2 N–H and O–H groups in total. The molecule has 202 valence electrons. The van der Waals surface area contributed by atoms with Crippen molar-refractivity contribution in [2.75, 3.05) is 5.32 Å². The molecule has 0 aromatic carbocycles. The SMILES string of the molecule is Cn1c(Nc2cc(C(F)(F)F)cn([C@H]3C[C@@H](O)C3)c2=O)nc2ncc(Oc3cnn4ccc(F)cc34)c(Cl)c21. The molecule has 0 atom stereocenters. The van der Waals surface area contributed by atoms with E-state index in [0.29, 0.717) is 11.6 Å². The van der Waals surface area contributed by atoms with Gasteiger partial charge in [0.2, 0.25) is 5.95 Å². The molecule has 0 radical (unpaired) electrons. The summed E-state index contributed by atoms with van der Waals surface area (Å²) in [5.74, 6) is -0.172. The van der Waals surface area contributed by atoms with Gasteiger partial charge in [0.15, 0.2) is 17.1 Å². The molecular weight excluding hydrogens is 546 g/mol.